The first-order chi connectivity index (χ1) is 17.3. The second-order valence-electron chi connectivity index (χ2n) is 8.22. The summed E-state index contributed by atoms with van der Waals surface area (Å²) in [6.45, 7) is 4.03. The SMILES string of the molecule is CCCCOC(=O)NCc1ncccc1O[C@]1(C(=O)OC)C[C@@H](C(=O)OC)N(C(=O)OCCCC)C1. The number of nitrogens with zero attached hydrogens (tertiary/aromatic N) is 2. The number of likely N-dealkylation sites (tertiary alicyclic amines) is 1. The van der Waals surface area contributed by atoms with Gasteiger partial charge in [-0.25, -0.2) is 19.2 Å². The molecule has 0 bridgehead atoms. The van der Waals surface area contributed by atoms with Crippen LogP contribution in [0.5, 0.6) is 5.75 Å². The van der Waals surface area contributed by atoms with Crippen LogP contribution >= 0.6 is 0 Å². The van der Waals surface area contributed by atoms with E-state index in [9.17, 15) is 19.2 Å². The van der Waals surface area contributed by atoms with Gasteiger partial charge < -0.3 is 29.0 Å². The Bertz CT molecular complexity index is 911. The highest BCUT2D eigenvalue weighted by Crippen LogP contribution is 2.35. The van der Waals surface area contributed by atoms with E-state index in [4.69, 9.17) is 23.7 Å². The van der Waals surface area contributed by atoms with Crippen LogP contribution < -0.4 is 10.1 Å². The molecule has 1 fully saturated rings. The number of aromatic nitrogens is 1. The maximum Gasteiger partial charge on any atom is 0.410 e. The molecular weight excluding hydrogens is 474 g/mol. The minimum absolute atomic E-state index is 0.0401. The van der Waals surface area contributed by atoms with Gasteiger partial charge in [-0.1, -0.05) is 26.7 Å². The zero-order valence-corrected chi connectivity index (χ0v) is 21.2. The molecule has 0 spiro atoms. The Labute approximate surface area is 210 Å². The lowest BCUT2D eigenvalue weighted by Crippen LogP contribution is -2.49. The fraction of sp³-hybridized carbons (Fsp3) is 0.625. The second kappa shape index (κ2) is 14.1. The number of rotatable bonds is 12. The van der Waals surface area contributed by atoms with Crippen LogP contribution in [0.4, 0.5) is 9.59 Å². The molecule has 12 nitrogen and oxygen atoms in total. The number of nitrogens with one attached hydrogen (secondary N) is 1. The van der Waals surface area contributed by atoms with Crippen LogP contribution in [0.3, 0.4) is 0 Å². The zero-order valence-electron chi connectivity index (χ0n) is 21.2. The summed E-state index contributed by atoms with van der Waals surface area (Å²) >= 11 is 0. The molecule has 2 amide bonds. The van der Waals surface area contributed by atoms with E-state index >= 15 is 0 Å². The van der Waals surface area contributed by atoms with Crippen molar-refractivity contribution >= 4 is 24.1 Å². The molecule has 1 saturated heterocycles. The van der Waals surface area contributed by atoms with Crippen LogP contribution in [-0.4, -0.2) is 79.6 Å². The molecule has 0 unspecified atom stereocenters. The molecule has 36 heavy (non-hydrogen) atoms. The number of methoxy groups -OCH3 is 2. The lowest BCUT2D eigenvalue weighted by atomic mass is 9.99. The number of carbonyl (C=O) groups excluding carboxylic acids is 4. The normalized spacial score (nSPS) is 18.8. The van der Waals surface area contributed by atoms with E-state index in [1.165, 1.54) is 20.4 Å². The molecule has 200 valence electrons. The van der Waals surface area contributed by atoms with E-state index in [1.807, 2.05) is 13.8 Å². The Morgan fingerprint density at radius 1 is 1.08 bits per heavy atom. The fourth-order valence-electron chi connectivity index (χ4n) is 3.62. The first kappa shape index (κ1) is 28.7. The standard InChI is InChI=1S/C24H35N3O9/c1-5-7-12-34-22(30)26-15-17-19(10-9-11-25-17)36-24(21(29)33-4)14-18(20(28)32-3)27(16-24)23(31)35-13-8-6-2/h9-11,18H,5-8,12-16H2,1-4H3,(H,26,30)/t18-,24+/m0/s1. The summed E-state index contributed by atoms with van der Waals surface area (Å²) in [6, 6.07) is 2.02. The highest BCUT2D eigenvalue weighted by atomic mass is 16.6. The largest absolute Gasteiger partial charge is 0.472 e. The quantitative estimate of drug-likeness (QED) is 0.254. The van der Waals surface area contributed by atoms with Crippen molar-refractivity contribution in [1.82, 2.24) is 15.2 Å². The van der Waals surface area contributed by atoms with Crippen LogP contribution in [-0.2, 0) is 35.1 Å². The Balaban J connectivity index is 2.27. The molecule has 1 N–H and O–H groups in total. The summed E-state index contributed by atoms with van der Waals surface area (Å²) in [5.74, 6) is -1.34. The number of hydrogen-bond donors (Lipinski definition) is 1. The minimum Gasteiger partial charge on any atom is -0.472 e. The molecule has 0 aromatic carbocycles. The van der Waals surface area contributed by atoms with Crippen LogP contribution in [0.25, 0.3) is 0 Å². The smallest absolute Gasteiger partial charge is 0.410 e. The number of unbranched alkanes of at least 4 members (excludes halogenated alkanes) is 2. The predicted octanol–water partition coefficient (Wildman–Crippen LogP) is 2.58. The van der Waals surface area contributed by atoms with Gasteiger partial charge in [-0.3, -0.25) is 9.88 Å². The Morgan fingerprint density at radius 3 is 2.42 bits per heavy atom. The van der Waals surface area contributed by atoms with Gasteiger partial charge in [-0.15, -0.1) is 0 Å². The average molecular weight is 510 g/mol. The van der Waals surface area contributed by atoms with Gasteiger partial charge in [0.25, 0.3) is 0 Å². The molecule has 2 rings (SSSR count). The van der Waals surface area contributed by atoms with Crippen LogP contribution in [0, 0.1) is 0 Å². The van der Waals surface area contributed by atoms with E-state index in [2.05, 4.69) is 10.3 Å². The van der Waals surface area contributed by atoms with E-state index in [1.54, 1.807) is 12.1 Å². The number of amides is 2. The average Bonchev–Trinajstić information content (AvgIpc) is 3.28. The summed E-state index contributed by atoms with van der Waals surface area (Å²) < 4.78 is 26.3. The topological polar surface area (TPSA) is 143 Å². The van der Waals surface area contributed by atoms with Gasteiger partial charge in [0.05, 0.1) is 40.5 Å². The first-order valence-electron chi connectivity index (χ1n) is 11.9. The highest BCUT2D eigenvalue weighted by Gasteiger charge is 2.57. The maximum absolute atomic E-state index is 13.0. The molecule has 1 aliphatic heterocycles. The Kier molecular flexibility index (Phi) is 11.2. The van der Waals surface area contributed by atoms with Crippen molar-refractivity contribution in [2.75, 3.05) is 34.0 Å². The molecule has 2 heterocycles. The third kappa shape index (κ3) is 7.46. The van der Waals surface area contributed by atoms with E-state index in [-0.39, 0.29) is 31.9 Å². The van der Waals surface area contributed by atoms with E-state index in [0.29, 0.717) is 18.7 Å². The molecule has 2 atom stereocenters. The van der Waals surface area contributed by atoms with Crippen molar-refractivity contribution in [3.8, 4) is 5.75 Å². The molecular formula is C24H35N3O9. The van der Waals surface area contributed by atoms with Gasteiger partial charge in [-0.2, -0.15) is 0 Å². The van der Waals surface area contributed by atoms with Crippen LogP contribution in [0.15, 0.2) is 18.3 Å². The number of alkyl carbamates (subject to hydrolysis) is 1. The van der Waals surface area contributed by atoms with Crippen molar-refractivity contribution in [3.63, 3.8) is 0 Å². The van der Waals surface area contributed by atoms with Gasteiger partial charge in [-0.05, 0) is 25.0 Å². The third-order valence-electron chi connectivity index (χ3n) is 5.60. The zero-order chi connectivity index (χ0) is 26.6. The molecule has 1 aromatic heterocycles. The summed E-state index contributed by atoms with van der Waals surface area (Å²) in [6.07, 6.45) is 2.98. The Morgan fingerprint density at radius 2 is 1.78 bits per heavy atom. The van der Waals surface area contributed by atoms with Gasteiger partial charge >= 0.3 is 24.1 Å². The lowest BCUT2D eigenvalue weighted by molar-refractivity contribution is -0.158. The molecule has 0 saturated carbocycles. The van der Waals surface area contributed by atoms with Gasteiger partial charge in [0.15, 0.2) is 0 Å². The maximum atomic E-state index is 13.0. The summed E-state index contributed by atoms with van der Waals surface area (Å²) in [4.78, 5) is 55.5. The van der Waals surface area contributed by atoms with E-state index < -0.39 is 35.8 Å². The summed E-state index contributed by atoms with van der Waals surface area (Å²) in [5, 5.41) is 2.59. The minimum atomic E-state index is -1.74. The molecule has 1 aliphatic rings. The number of carbonyl (C=O) groups is 4. The number of esters is 2. The molecule has 1 aromatic rings. The predicted molar refractivity (Wildman–Crippen MR) is 126 cm³/mol. The van der Waals surface area contributed by atoms with Gasteiger partial charge in [0.1, 0.15) is 17.5 Å². The Hall–Kier alpha value is -3.57. The van der Waals surface area contributed by atoms with Crippen LogP contribution in [0.1, 0.15) is 51.6 Å². The highest BCUT2D eigenvalue weighted by molar-refractivity contribution is 5.88. The number of hydrogen-bond acceptors (Lipinski definition) is 10. The fourth-order valence-corrected chi connectivity index (χ4v) is 3.62. The number of ether oxygens (including phenoxy) is 5. The number of pyridine rings is 1. The summed E-state index contributed by atoms with van der Waals surface area (Å²) in [7, 11) is 2.37. The molecule has 0 radical (unpaired) electrons. The third-order valence-corrected chi connectivity index (χ3v) is 5.60. The van der Waals surface area contributed by atoms with Crippen LogP contribution in [0.2, 0.25) is 0 Å². The summed E-state index contributed by atoms with van der Waals surface area (Å²) in [5.41, 5.74) is -1.43. The first-order valence-corrected chi connectivity index (χ1v) is 11.9. The van der Waals surface area contributed by atoms with Crippen molar-refractivity contribution in [2.24, 2.45) is 0 Å². The van der Waals surface area contributed by atoms with Crippen molar-refractivity contribution in [1.29, 1.82) is 0 Å². The molecule has 12 heteroatoms. The van der Waals surface area contributed by atoms with E-state index in [0.717, 1.165) is 24.2 Å². The molecule has 0 aliphatic carbocycles. The van der Waals surface area contributed by atoms with Gasteiger partial charge in [0.2, 0.25) is 5.60 Å². The van der Waals surface area contributed by atoms with Crippen molar-refractivity contribution < 1.29 is 42.9 Å². The van der Waals surface area contributed by atoms with Gasteiger partial charge in [0, 0.05) is 12.6 Å². The second-order valence-corrected chi connectivity index (χ2v) is 8.22. The van der Waals surface area contributed by atoms with Crippen molar-refractivity contribution in [2.45, 2.75) is 64.1 Å². The van der Waals surface area contributed by atoms with Crippen molar-refractivity contribution in [3.05, 3.63) is 24.0 Å². The lowest BCUT2D eigenvalue weighted by Gasteiger charge is -2.28. The monoisotopic (exact) mass is 509 g/mol.